The number of nitrogens with two attached hydrogens (primary N) is 1. The van der Waals surface area contributed by atoms with Crippen LogP contribution in [0, 0.1) is 12.7 Å². The predicted molar refractivity (Wildman–Crippen MR) is 63.9 cm³/mol. The molecule has 0 saturated carbocycles. The molecule has 4 heteroatoms. The van der Waals surface area contributed by atoms with Crippen molar-refractivity contribution in [2.24, 2.45) is 5.73 Å². The summed E-state index contributed by atoms with van der Waals surface area (Å²) in [5, 5.41) is 2.98. The van der Waals surface area contributed by atoms with Crippen molar-refractivity contribution in [3.63, 3.8) is 0 Å². The highest BCUT2D eigenvalue weighted by molar-refractivity contribution is 7.09. The first-order chi connectivity index (χ1) is 7.66. The molecule has 2 rings (SSSR count). The summed E-state index contributed by atoms with van der Waals surface area (Å²) in [6.45, 7) is 1.95. The number of rotatable bonds is 3. The lowest BCUT2D eigenvalue weighted by Crippen LogP contribution is -2.15. The van der Waals surface area contributed by atoms with E-state index in [1.54, 1.807) is 29.5 Å². The van der Waals surface area contributed by atoms with Crippen LogP contribution < -0.4 is 5.73 Å². The zero-order valence-electron chi connectivity index (χ0n) is 8.98. The number of benzene rings is 1. The minimum Gasteiger partial charge on any atom is -0.324 e. The molecular weight excluding hydrogens is 223 g/mol. The van der Waals surface area contributed by atoms with Gasteiger partial charge in [0, 0.05) is 23.4 Å². The molecule has 2 N–H and O–H groups in total. The first kappa shape index (κ1) is 11.2. The van der Waals surface area contributed by atoms with Crippen LogP contribution in [0.15, 0.2) is 29.6 Å². The van der Waals surface area contributed by atoms with Crippen LogP contribution >= 0.6 is 11.3 Å². The normalized spacial score (nSPS) is 12.7. The quantitative estimate of drug-likeness (QED) is 0.890. The summed E-state index contributed by atoms with van der Waals surface area (Å²) in [7, 11) is 0. The molecule has 2 aromatic rings. The number of hydrogen-bond acceptors (Lipinski definition) is 3. The summed E-state index contributed by atoms with van der Waals surface area (Å²) < 4.78 is 13.5. The van der Waals surface area contributed by atoms with Crippen LogP contribution in [0.2, 0.25) is 0 Å². The number of aryl methyl sites for hydroxylation is 1. The zero-order valence-corrected chi connectivity index (χ0v) is 9.80. The standard InChI is InChI=1S/C12H13FN2S/c1-8-15-9(7-16-8)6-12(14)10-4-2-3-5-11(10)13/h2-5,7,12H,6,14H2,1H3. The van der Waals surface area contributed by atoms with Gasteiger partial charge < -0.3 is 5.73 Å². The van der Waals surface area contributed by atoms with E-state index in [4.69, 9.17) is 5.73 Å². The van der Waals surface area contributed by atoms with Gasteiger partial charge in [-0.2, -0.15) is 0 Å². The average Bonchev–Trinajstić information content (AvgIpc) is 2.64. The Morgan fingerprint density at radius 1 is 1.44 bits per heavy atom. The highest BCUT2D eigenvalue weighted by Crippen LogP contribution is 2.19. The highest BCUT2D eigenvalue weighted by atomic mass is 32.1. The highest BCUT2D eigenvalue weighted by Gasteiger charge is 2.12. The Balaban J connectivity index is 2.14. The molecule has 84 valence electrons. The molecule has 0 aliphatic heterocycles. The third-order valence-electron chi connectivity index (χ3n) is 2.40. The van der Waals surface area contributed by atoms with Gasteiger partial charge in [0.25, 0.3) is 0 Å². The SMILES string of the molecule is Cc1nc(CC(N)c2ccccc2F)cs1. The van der Waals surface area contributed by atoms with Crippen LogP contribution in [0.25, 0.3) is 0 Å². The molecule has 0 saturated heterocycles. The number of hydrogen-bond donors (Lipinski definition) is 1. The fourth-order valence-electron chi connectivity index (χ4n) is 1.61. The molecule has 1 atom stereocenters. The second kappa shape index (κ2) is 4.72. The van der Waals surface area contributed by atoms with Gasteiger partial charge in [-0.25, -0.2) is 9.37 Å². The molecule has 0 aliphatic carbocycles. The van der Waals surface area contributed by atoms with Crippen molar-refractivity contribution in [3.05, 3.63) is 51.7 Å². The molecule has 0 bridgehead atoms. The Bertz CT molecular complexity index is 481. The van der Waals surface area contributed by atoms with Crippen molar-refractivity contribution in [2.75, 3.05) is 0 Å². The van der Waals surface area contributed by atoms with E-state index in [2.05, 4.69) is 4.98 Å². The van der Waals surface area contributed by atoms with Gasteiger partial charge in [-0.05, 0) is 13.0 Å². The van der Waals surface area contributed by atoms with Crippen LogP contribution in [-0.2, 0) is 6.42 Å². The second-order valence-corrected chi connectivity index (χ2v) is 4.75. The van der Waals surface area contributed by atoms with Gasteiger partial charge in [0.2, 0.25) is 0 Å². The molecule has 16 heavy (non-hydrogen) atoms. The third kappa shape index (κ3) is 2.46. The molecule has 1 aromatic heterocycles. The van der Waals surface area contributed by atoms with Crippen LogP contribution in [0.3, 0.4) is 0 Å². The van der Waals surface area contributed by atoms with E-state index in [9.17, 15) is 4.39 Å². The van der Waals surface area contributed by atoms with Crippen molar-refractivity contribution in [1.82, 2.24) is 4.98 Å². The molecular formula is C12H13FN2S. The smallest absolute Gasteiger partial charge is 0.127 e. The van der Waals surface area contributed by atoms with Gasteiger partial charge in [-0.3, -0.25) is 0 Å². The number of thiazole rings is 1. The van der Waals surface area contributed by atoms with Crippen LogP contribution in [0.5, 0.6) is 0 Å². The predicted octanol–water partition coefficient (Wildman–Crippen LogP) is 2.83. The Kier molecular flexibility index (Phi) is 3.31. The maximum atomic E-state index is 13.5. The van der Waals surface area contributed by atoms with E-state index in [-0.39, 0.29) is 11.9 Å². The monoisotopic (exact) mass is 236 g/mol. The van der Waals surface area contributed by atoms with Gasteiger partial charge in [-0.15, -0.1) is 11.3 Å². The zero-order chi connectivity index (χ0) is 11.5. The molecule has 0 aliphatic rings. The summed E-state index contributed by atoms with van der Waals surface area (Å²) >= 11 is 1.59. The van der Waals surface area contributed by atoms with E-state index in [1.807, 2.05) is 12.3 Å². The maximum absolute atomic E-state index is 13.5. The molecule has 1 aromatic carbocycles. The summed E-state index contributed by atoms with van der Waals surface area (Å²) in [6.07, 6.45) is 0.575. The molecule has 0 fully saturated rings. The Morgan fingerprint density at radius 3 is 2.81 bits per heavy atom. The van der Waals surface area contributed by atoms with Crippen molar-refractivity contribution < 1.29 is 4.39 Å². The Hall–Kier alpha value is -1.26. The Labute approximate surface area is 97.9 Å². The van der Waals surface area contributed by atoms with Gasteiger partial charge >= 0.3 is 0 Å². The van der Waals surface area contributed by atoms with Crippen molar-refractivity contribution in [2.45, 2.75) is 19.4 Å². The van der Waals surface area contributed by atoms with Crippen LogP contribution in [0.4, 0.5) is 4.39 Å². The number of aromatic nitrogens is 1. The van der Waals surface area contributed by atoms with E-state index in [0.717, 1.165) is 10.7 Å². The van der Waals surface area contributed by atoms with Gasteiger partial charge in [0.15, 0.2) is 0 Å². The molecule has 0 spiro atoms. The molecule has 1 unspecified atom stereocenters. The van der Waals surface area contributed by atoms with Gasteiger partial charge in [0.05, 0.1) is 10.7 Å². The first-order valence-electron chi connectivity index (χ1n) is 5.08. The average molecular weight is 236 g/mol. The third-order valence-corrected chi connectivity index (χ3v) is 3.22. The second-order valence-electron chi connectivity index (χ2n) is 3.69. The van der Waals surface area contributed by atoms with Gasteiger partial charge in [0.1, 0.15) is 5.82 Å². The fraction of sp³-hybridized carbons (Fsp3) is 0.250. The Morgan fingerprint density at radius 2 is 2.19 bits per heavy atom. The molecule has 1 heterocycles. The van der Waals surface area contributed by atoms with Gasteiger partial charge in [-0.1, -0.05) is 18.2 Å². The molecule has 0 amide bonds. The number of halogens is 1. The number of nitrogens with zero attached hydrogens (tertiary/aromatic N) is 1. The van der Waals surface area contributed by atoms with Crippen molar-refractivity contribution in [1.29, 1.82) is 0 Å². The summed E-state index contributed by atoms with van der Waals surface area (Å²) in [5.74, 6) is -0.248. The minimum absolute atomic E-state index is 0.248. The lowest BCUT2D eigenvalue weighted by molar-refractivity contribution is 0.578. The van der Waals surface area contributed by atoms with Crippen LogP contribution in [0.1, 0.15) is 22.3 Å². The van der Waals surface area contributed by atoms with E-state index < -0.39 is 0 Å². The first-order valence-corrected chi connectivity index (χ1v) is 5.96. The van der Waals surface area contributed by atoms with Crippen molar-refractivity contribution in [3.8, 4) is 0 Å². The summed E-state index contributed by atoms with van der Waals surface area (Å²) in [5.41, 5.74) is 7.44. The summed E-state index contributed by atoms with van der Waals surface area (Å²) in [4.78, 5) is 4.32. The minimum atomic E-state index is -0.331. The van der Waals surface area contributed by atoms with Crippen LogP contribution in [-0.4, -0.2) is 4.98 Å². The largest absolute Gasteiger partial charge is 0.324 e. The molecule has 0 radical (unpaired) electrons. The summed E-state index contributed by atoms with van der Waals surface area (Å²) in [6, 6.07) is 6.28. The molecule has 2 nitrogen and oxygen atoms in total. The lowest BCUT2D eigenvalue weighted by atomic mass is 10.0. The van der Waals surface area contributed by atoms with E-state index >= 15 is 0 Å². The van der Waals surface area contributed by atoms with E-state index in [0.29, 0.717) is 12.0 Å². The topological polar surface area (TPSA) is 38.9 Å². The van der Waals surface area contributed by atoms with E-state index in [1.165, 1.54) is 6.07 Å². The lowest BCUT2D eigenvalue weighted by Gasteiger charge is -2.11. The fourth-order valence-corrected chi connectivity index (χ4v) is 2.24. The maximum Gasteiger partial charge on any atom is 0.127 e. The van der Waals surface area contributed by atoms with Crippen molar-refractivity contribution >= 4 is 11.3 Å².